The molecule has 0 aliphatic heterocycles. The van der Waals surface area contributed by atoms with Gasteiger partial charge in [-0.1, -0.05) is 47.5 Å². The molecule has 20 heavy (non-hydrogen) atoms. The molecule has 0 radical (unpaired) electrons. The normalized spacial score (nSPS) is 12.2. The third kappa shape index (κ3) is 3.53. The Morgan fingerprint density at radius 3 is 2.35 bits per heavy atom. The molecule has 2 aromatic carbocycles. The summed E-state index contributed by atoms with van der Waals surface area (Å²) >= 11 is 6.36. The minimum absolute atomic E-state index is 0.00366. The van der Waals surface area contributed by atoms with E-state index in [1.165, 1.54) is 11.1 Å². The van der Waals surface area contributed by atoms with Crippen LogP contribution in [-0.2, 0) is 6.54 Å². The zero-order chi connectivity index (χ0) is 14.7. The largest absolute Gasteiger partial charge is 0.369 e. The second-order valence-corrected chi connectivity index (χ2v) is 5.75. The molecule has 0 amide bonds. The van der Waals surface area contributed by atoms with Gasteiger partial charge in [0.05, 0.1) is 10.7 Å². The van der Waals surface area contributed by atoms with E-state index >= 15 is 0 Å². The predicted octanol–water partition coefficient (Wildman–Crippen LogP) is 4.30. The van der Waals surface area contributed by atoms with Crippen molar-refractivity contribution in [3.63, 3.8) is 0 Å². The Bertz CT molecular complexity index is 576. The van der Waals surface area contributed by atoms with E-state index in [9.17, 15) is 0 Å². The van der Waals surface area contributed by atoms with Crippen LogP contribution in [0.5, 0.6) is 0 Å². The van der Waals surface area contributed by atoms with Crippen LogP contribution in [0.25, 0.3) is 0 Å². The van der Waals surface area contributed by atoms with Gasteiger partial charge in [-0.25, -0.2) is 0 Å². The van der Waals surface area contributed by atoms with E-state index in [1.54, 1.807) is 0 Å². The van der Waals surface area contributed by atoms with Crippen molar-refractivity contribution in [2.75, 3.05) is 11.9 Å². The summed E-state index contributed by atoms with van der Waals surface area (Å²) in [6.45, 7) is 4.88. The zero-order valence-electron chi connectivity index (χ0n) is 12.2. The van der Waals surface area contributed by atoms with Gasteiger partial charge in [-0.2, -0.15) is 0 Å². The van der Waals surface area contributed by atoms with Crippen LogP contribution in [0.1, 0.15) is 29.7 Å². The van der Waals surface area contributed by atoms with Crippen molar-refractivity contribution in [2.45, 2.75) is 26.4 Å². The van der Waals surface area contributed by atoms with Gasteiger partial charge in [-0.05, 0) is 37.1 Å². The van der Waals surface area contributed by atoms with Crippen LogP contribution in [0.2, 0.25) is 5.02 Å². The van der Waals surface area contributed by atoms with Crippen LogP contribution >= 0.6 is 11.6 Å². The Morgan fingerprint density at radius 2 is 1.80 bits per heavy atom. The third-order valence-electron chi connectivity index (χ3n) is 3.45. The van der Waals surface area contributed by atoms with Gasteiger partial charge in [-0.3, -0.25) is 0 Å². The Labute approximate surface area is 126 Å². The number of hydrogen-bond donors (Lipinski definition) is 1. The van der Waals surface area contributed by atoms with Gasteiger partial charge in [-0.15, -0.1) is 0 Å². The van der Waals surface area contributed by atoms with E-state index < -0.39 is 0 Å². The van der Waals surface area contributed by atoms with Gasteiger partial charge in [0.1, 0.15) is 0 Å². The van der Waals surface area contributed by atoms with Crippen molar-refractivity contribution in [3.8, 4) is 0 Å². The lowest BCUT2D eigenvalue weighted by atomic mass is 10.1. The summed E-state index contributed by atoms with van der Waals surface area (Å²) in [5.41, 5.74) is 10.5. The van der Waals surface area contributed by atoms with E-state index in [0.717, 1.165) is 22.8 Å². The highest BCUT2D eigenvalue weighted by Crippen LogP contribution is 2.28. The predicted molar refractivity (Wildman–Crippen MR) is 87.3 cm³/mol. The minimum Gasteiger partial charge on any atom is -0.369 e. The van der Waals surface area contributed by atoms with Crippen LogP contribution in [0.3, 0.4) is 0 Å². The number of anilines is 1. The van der Waals surface area contributed by atoms with Gasteiger partial charge in [0, 0.05) is 19.6 Å². The third-order valence-corrected chi connectivity index (χ3v) is 3.75. The van der Waals surface area contributed by atoms with Gasteiger partial charge in [0.2, 0.25) is 0 Å². The van der Waals surface area contributed by atoms with Gasteiger partial charge < -0.3 is 10.6 Å². The topological polar surface area (TPSA) is 29.3 Å². The van der Waals surface area contributed by atoms with Crippen molar-refractivity contribution in [1.82, 2.24) is 0 Å². The van der Waals surface area contributed by atoms with Crippen molar-refractivity contribution in [3.05, 3.63) is 64.2 Å². The first kappa shape index (κ1) is 14.9. The molecule has 106 valence electrons. The fourth-order valence-electron chi connectivity index (χ4n) is 2.17. The summed E-state index contributed by atoms with van der Waals surface area (Å²) in [5.74, 6) is 0. The Balaban J connectivity index is 2.16. The fourth-order valence-corrected chi connectivity index (χ4v) is 2.50. The number of nitrogens with two attached hydrogens (primary N) is 1. The summed E-state index contributed by atoms with van der Waals surface area (Å²) in [4.78, 5) is 2.15. The smallest absolute Gasteiger partial charge is 0.0642 e. The summed E-state index contributed by atoms with van der Waals surface area (Å²) in [7, 11) is 2.05. The van der Waals surface area contributed by atoms with E-state index in [1.807, 2.05) is 32.2 Å². The van der Waals surface area contributed by atoms with Crippen molar-refractivity contribution in [1.29, 1.82) is 0 Å². The lowest BCUT2D eigenvalue weighted by molar-refractivity contribution is 0.817. The highest BCUT2D eigenvalue weighted by atomic mass is 35.5. The SMILES string of the molecule is Cc1ccc(CN(C)c2ccc([C@H](C)N)cc2Cl)cc1. The fraction of sp³-hybridized carbons (Fsp3) is 0.294. The molecule has 0 aliphatic carbocycles. The standard InChI is InChI=1S/C17H21ClN2/c1-12-4-6-14(7-5-12)11-20(3)17-9-8-15(13(2)19)10-16(17)18/h4-10,13H,11,19H2,1-3H3/t13-/m0/s1. The van der Waals surface area contributed by atoms with Crippen LogP contribution < -0.4 is 10.6 Å². The second-order valence-electron chi connectivity index (χ2n) is 5.34. The average molecular weight is 289 g/mol. The van der Waals surface area contributed by atoms with E-state index in [4.69, 9.17) is 17.3 Å². The highest BCUT2D eigenvalue weighted by molar-refractivity contribution is 6.33. The first-order valence-corrected chi connectivity index (χ1v) is 7.17. The van der Waals surface area contributed by atoms with Crippen molar-refractivity contribution < 1.29 is 0 Å². The number of benzene rings is 2. The second kappa shape index (κ2) is 6.29. The van der Waals surface area contributed by atoms with Crippen LogP contribution in [0.15, 0.2) is 42.5 Å². The van der Waals surface area contributed by atoms with Crippen molar-refractivity contribution in [2.24, 2.45) is 5.73 Å². The molecule has 0 bridgehead atoms. The molecule has 0 spiro atoms. The molecule has 0 fully saturated rings. The number of nitrogens with zero attached hydrogens (tertiary/aromatic N) is 1. The summed E-state index contributed by atoms with van der Waals surface area (Å²) in [6, 6.07) is 14.6. The molecule has 3 heteroatoms. The molecular formula is C17H21ClN2. The number of halogens is 1. The van der Waals surface area contributed by atoms with E-state index in [-0.39, 0.29) is 6.04 Å². The summed E-state index contributed by atoms with van der Waals surface area (Å²) in [6.07, 6.45) is 0. The molecule has 0 unspecified atom stereocenters. The van der Waals surface area contributed by atoms with Crippen LogP contribution in [0, 0.1) is 6.92 Å². The molecule has 2 rings (SSSR count). The number of rotatable bonds is 4. The molecule has 2 N–H and O–H groups in total. The molecular weight excluding hydrogens is 268 g/mol. The Morgan fingerprint density at radius 1 is 1.15 bits per heavy atom. The Kier molecular flexibility index (Phi) is 4.69. The van der Waals surface area contributed by atoms with Crippen LogP contribution in [0.4, 0.5) is 5.69 Å². The molecule has 0 saturated carbocycles. The maximum absolute atomic E-state index is 6.36. The number of aryl methyl sites for hydroxylation is 1. The summed E-state index contributed by atoms with van der Waals surface area (Å²) < 4.78 is 0. The minimum atomic E-state index is 0.00366. The van der Waals surface area contributed by atoms with Gasteiger partial charge in [0.15, 0.2) is 0 Å². The van der Waals surface area contributed by atoms with Crippen molar-refractivity contribution >= 4 is 17.3 Å². The molecule has 2 nitrogen and oxygen atoms in total. The number of hydrogen-bond acceptors (Lipinski definition) is 2. The lowest BCUT2D eigenvalue weighted by Gasteiger charge is -2.22. The molecule has 1 atom stereocenters. The monoisotopic (exact) mass is 288 g/mol. The average Bonchev–Trinajstić information content (AvgIpc) is 2.41. The maximum Gasteiger partial charge on any atom is 0.0642 e. The van der Waals surface area contributed by atoms with Crippen LogP contribution in [-0.4, -0.2) is 7.05 Å². The van der Waals surface area contributed by atoms with Gasteiger partial charge in [0.25, 0.3) is 0 Å². The maximum atomic E-state index is 6.36. The molecule has 0 aliphatic rings. The molecule has 0 saturated heterocycles. The first-order chi connectivity index (χ1) is 9.47. The summed E-state index contributed by atoms with van der Waals surface area (Å²) in [5, 5.41) is 0.745. The zero-order valence-corrected chi connectivity index (χ0v) is 13.0. The quantitative estimate of drug-likeness (QED) is 0.908. The highest BCUT2D eigenvalue weighted by Gasteiger charge is 2.09. The van der Waals surface area contributed by atoms with E-state index in [2.05, 4.69) is 36.1 Å². The van der Waals surface area contributed by atoms with Gasteiger partial charge >= 0.3 is 0 Å². The molecule has 0 aromatic heterocycles. The molecule has 2 aromatic rings. The Hall–Kier alpha value is -1.51. The lowest BCUT2D eigenvalue weighted by Crippen LogP contribution is -2.17. The molecule has 0 heterocycles. The first-order valence-electron chi connectivity index (χ1n) is 6.79. The van der Waals surface area contributed by atoms with E-state index in [0.29, 0.717) is 0 Å².